The Balaban J connectivity index is 1.61. The van der Waals surface area contributed by atoms with E-state index in [4.69, 9.17) is 5.73 Å². The van der Waals surface area contributed by atoms with Crippen molar-refractivity contribution in [1.29, 1.82) is 0 Å². The number of nitrogens with zero attached hydrogens (tertiary/aromatic N) is 3. The number of nitrogen functional groups attached to an aromatic ring is 1. The lowest BCUT2D eigenvalue weighted by molar-refractivity contribution is 0.0747. The Kier molecular flexibility index (Phi) is 4.43. The molecule has 1 aromatic heterocycles. The molecule has 0 unspecified atom stereocenters. The first-order chi connectivity index (χ1) is 15.0. The van der Waals surface area contributed by atoms with Crippen LogP contribution in [0, 0.1) is 5.82 Å². The van der Waals surface area contributed by atoms with E-state index in [1.807, 2.05) is 24.3 Å². The lowest BCUT2D eigenvalue weighted by atomic mass is 9.98. The van der Waals surface area contributed by atoms with Crippen LogP contribution in [0.15, 0.2) is 60.7 Å². The van der Waals surface area contributed by atoms with E-state index < -0.39 is 5.82 Å². The Labute approximate surface area is 177 Å². The highest BCUT2D eigenvalue weighted by Gasteiger charge is 2.27. The Morgan fingerprint density at radius 3 is 2.45 bits per heavy atom. The van der Waals surface area contributed by atoms with Gasteiger partial charge in [-0.1, -0.05) is 36.4 Å². The van der Waals surface area contributed by atoms with Crippen LogP contribution in [0.4, 0.5) is 10.3 Å². The Bertz CT molecular complexity index is 1340. The number of hydrogen-bond donors (Lipinski definition) is 1. The molecule has 1 aliphatic heterocycles. The van der Waals surface area contributed by atoms with Crippen LogP contribution in [0.5, 0.6) is 0 Å². The van der Waals surface area contributed by atoms with Crippen LogP contribution in [-0.2, 0) is 13.1 Å². The van der Waals surface area contributed by atoms with Gasteiger partial charge in [0.15, 0.2) is 6.29 Å². The number of aldehydes is 1. The molecule has 0 saturated heterocycles. The van der Waals surface area contributed by atoms with Crippen LogP contribution in [0.25, 0.3) is 22.0 Å². The number of hydrogen-bond acceptors (Lipinski definition) is 5. The van der Waals surface area contributed by atoms with Crippen molar-refractivity contribution in [1.82, 2.24) is 14.9 Å². The summed E-state index contributed by atoms with van der Waals surface area (Å²) in [5.74, 6) is -0.731. The summed E-state index contributed by atoms with van der Waals surface area (Å²) >= 11 is 0. The molecular weight excluding hydrogens is 395 g/mol. The molecule has 0 spiro atoms. The lowest BCUT2D eigenvalue weighted by Gasteiger charge is -2.17. The molecule has 2 heterocycles. The average Bonchev–Trinajstić information content (AvgIpc) is 3.22. The van der Waals surface area contributed by atoms with Gasteiger partial charge in [-0.15, -0.1) is 0 Å². The van der Waals surface area contributed by atoms with Gasteiger partial charge < -0.3 is 10.6 Å². The van der Waals surface area contributed by atoms with E-state index in [1.165, 1.54) is 18.2 Å². The minimum absolute atomic E-state index is 0.00988. The maximum Gasteiger partial charge on any atom is 0.273 e. The van der Waals surface area contributed by atoms with E-state index in [0.29, 0.717) is 41.4 Å². The van der Waals surface area contributed by atoms with E-state index in [2.05, 4.69) is 9.97 Å². The fraction of sp³-hybridized carbons (Fsp3) is 0.0833. The van der Waals surface area contributed by atoms with Gasteiger partial charge in [-0.05, 0) is 46.5 Å². The molecule has 0 saturated carbocycles. The van der Waals surface area contributed by atoms with Crippen LogP contribution in [0.3, 0.4) is 0 Å². The third-order valence-corrected chi connectivity index (χ3v) is 5.50. The van der Waals surface area contributed by atoms with Gasteiger partial charge in [0.25, 0.3) is 5.91 Å². The molecule has 31 heavy (non-hydrogen) atoms. The fourth-order valence-electron chi connectivity index (χ4n) is 4.00. The standard InChI is InChI=1S/C24H17FN4O2/c25-18-6-7-19(17(9-18)13-30)14-5-8-21-20(10-14)22(28-24(26)27-21)23(31)29-11-15-3-1-2-4-16(15)12-29/h1-10,13H,11-12H2,(H2,26,27,28). The van der Waals surface area contributed by atoms with Crippen molar-refractivity contribution in [2.24, 2.45) is 0 Å². The van der Waals surface area contributed by atoms with E-state index in [1.54, 1.807) is 23.1 Å². The molecule has 0 radical (unpaired) electrons. The summed E-state index contributed by atoms with van der Waals surface area (Å²) in [6.45, 7) is 0.987. The number of aromatic nitrogens is 2. The topological polar surface area (TPSA) is 89.2 Å². The smallest absolute Gasteiger partial charge is 0.273 e. The number of amides is 1. The third-order valence-electron chi connectivity index (χ3n) is 5.50. The summed E-state index contributed by atoms with van der Waals surface area (Å²) < 4.78 is 13.6. The fourth-order valence-corrected chi connectivity index (χ4v) is 4.00. The molecule has 0 fully saturated rings. The molecule has 0 atom stereocenters. The van der Waals surface area contributed by atoms with E-state index in [9.17, 15) is 14.0 Å². The highest BCUT2D eigenvalue weighted by Crippen LogP contribution is 2.30. The quantitative estimate of drug-likeness (QED) is 0.514. The molecule has 3 aromatic carbocycles. The van der Waals surface area contributed by atoms with Gasteiger partial charge >= 0.3 is 0 Å². The van der Waals surface area contributed by atoms with E-state index in [-0.39, 0.29) is 23.1 Å². The SMILES string of the molecule is Nc1nc(C(=O)N2Cc3ccccc3C2)c2cc(-c3ccc(F)cc3C=O)ccc2n1. The number of anilines is 1. The summed E-state index contributed by atoms with van der Waals surface area (Å²) in [4.78, 5) is 35.0. The summed E-state index contributed by atoms with van der Waals surface area (Å²) in [6.07, 6.45) is 0.607. The van der Waals surface area contributed by atoms with Crippen LogP contribution in [0.2, 0.25) is 0 Å². The van der Waals surface area contributed by atoms with Crippen molar-refractivity contribution < 1.29 is 14.0 Å². The molecule has 1 aliphatic rings. The molecule has 0 bridgehead atoms. The van der Waals surface area contributed by atoms with Gasteiger partial charge in [0.2, 0.25) is 5.95 Å². The normalized spacial score (nSPS) is 12.7. The predicted octanol–water partition coefficient (Wildman–Crippen LogP) is 3.99. The first-order valence-electron chi connectivity index (χ1n) is 9.72. The average molecular weight is 412 g/mol. The summed E-state index contributed by atoms with van der Waals surface area (Å²) in [5.41, 5.74) is 10.2. The highest BCUT2D eigenvalue weighted by atomic mass is 19.1. The van der Waals surface area contributed by atoms with Crippen molar-refractivity contribution >= 4 is 29.0 Å². The number of halogens is 1. The second-order valence-corrected chi connectivity index (χ2v) is 7.44. The van der Waals surface area contributed by atoms with E-state index >= 15 is 0 Å². The van der Waals surface area contributed by atoms with Gasteiger partial charge in [-0.2, -0.15) is 0 Å². The molecule has 1 amide bonds. The number of fused-ring (bicyclic) bond motifs is 2. The highest BCUT2D eigenvalue weighted by molar-refractivity contribution is 6.06. The van der Waals surface area contributed by atoms with Gasteiger partial charge in [0.05, 0.1) is 5.52 Å². The molecule has 7 heteroatoms. The third kappa shape index (κ3) is 3.30. The predicted molar refractivity (Wildman–Crippen MR) is 115 cm³/mol. The van der Waals surface area contributed by atoms with Crippen LogP contribution in [-0.4, -0.2) is 27.1 Å². The zero-order valence-electron chi connectivity index (χ0n) is 16.4. The van der Waals surface area contributed by atoms with Gasteiger partial charge in [-0.3, -0.25) is 9.59 Å². The molecule has 0 aliphatic carbocycles. The molecule has 152 valence electrons. The molecule has 4 aromatic rings. The number of rotatable bonds is 3. The minimum atomic E-state index is -0.493. The second kappa shape index (κ2) is 7.28. The van der Waals surface area contributed by atoms with Gasteiger partial charge in [-0.25, -0.2) is 14.4 Å². The maximum atomic E-state index is 13.6. The first kappa shape index (κ1) is 18.9. The van der Waals surface area contributed by atoms with Crippen molar-refractivity contribution in [2.45, 2.75) is 13.1 Å². The van der Waals surface area contributed by atoms with Gasteiger partial charge in [0.1, 0.15) is 11.5 Å². The Morgan fingerprint density at radius 1 is 1.00 bits per heavy atom. The summed E-state index contributed by atoms with van der Waals surface area (Å²) in [5, 5.41) is 0.522. The van der Waals surface area contributed by atoms with Crippen molar-refractivity contribution in [3.63, 3.8) is 0 Å². The van der Waals surface area contributed by atoms with Crippen molar-refractivity contribution in [3.05, 3.63) is 88.9 Å². The second-order valence-electron chi connectivity index (χ2n) is 7.44. The van der Waals surface area contributed by atoms with E-state index in [0.717, 1.165) is 11.1 Å². The lowest BCUT2D eigenvalue weighted by Crippen LogP contribution is -2.27. The van der Waals surface area contributed by atoms with Crippen molar-refractivity contribution in [3.8, 4) is 11.1 Å². The number of carbonyl (C=O) groups is 2. The minimum Gasteiger partial charge on any atom is -0.368 e. The number of nitrogens with two attached hydrogens (primary N) is 1. The largest absolute Gasteiger partial charge is 0.368 e. The summed E-state index contributed by atoms with van der Waals surface area (Å²) in [7, 11) is 0. The Hall–Kier alpha value is -4.13. The first-order valence-corrected chi connectivity index (χ1v) is 9.72. The number of benzene rings is 3. The molecule has 6 nitrogen and oxygen atoms in total. The monoisotopic (exact) mass is 412 g/mol. The van der Waals surface area contributed by atoms with Crippen LogP contribution < -0.4 is 5.73 Å². The summed E-state index contributed by atoms with van der Waals surface area (Å²) in [6, 6.07) is 17.1. The van der Waals surface area contributed by atoms with Gasteiger partial charge in [0, 0.05) is 24.0 Å². The number of carbonyl (C=O) groups excluding carboxylic acids is 2. The zero-order chi connectivity index (χ0) is 21.5. The maximum absolute atomic E-state index is 13.6. The molecular formula is C24H17FN4O2. The zero-order valence-corrected chi connectivity index (χ0v) is 16.4. The Morgan fingerprint density at radius 2 is 1.74 bits per heavy atom. The van der Waals surface area contributed by atoms with Crippen LogP contribution in [0.1, 0.15) is 32.0 Å². The van der Waals surface area contributed by atoms with Crippen LogP contribution >= 0.6 is 0 Å². The molecule has 2 N–H and O–H groups in total. The molecule has 5 rings (SSSR count). The van der Waals surface area contributed by atoms with Crippen molar-refractivity contribution in [2.75, 3.05) is 5.73 Å².